The fourth-order valence-corrected chi connectivity index (χ4v) is 2.80. The largest absolute Gasteiger partial charge is 0.426 e. The topological polar surface area (TPSA) is 133 Å². The Labute approximate surface area is 173 Å². The molecule has 0 saturated heterocycles. The average Bonchev–Trinajstić information content (AvgIpc) is 2.71. The van der Waals surface area contributed by atoms with Crippen LogP contribution in [0.1, 0.15) is 35.7 Å². The van der Waals surface area contributed by atoms with Gasteiger partial charge in [0.1, 0.15) is 11.8 Å². The molecule has 0 spiro atoms. The zero-order valence-electron chi connectivity index (χ0n) is 16.4. The Hall–Kier alpha value is -3.81. The van der Waals surface area contributed by atoms with Crippen LogP contribution < -0.4 is 15.8 Å². The van der Waals surface area contributed by atoms with Gasteiger partial charge >= 0.3 is 5.97 Å². The lowest BCUT2D eigenvalue weighted by molar-refractivity contribution is -0.138. The zero-order chi connectivity index (χ0) is 22.1. The zero-order valence-corrected chi connectivity index (χ0v) is 16.4. The van der Waals surface area contributed by atoms with Crippen molar-refractivity contribution in [3.63, 3.8) is 0 Å². The molecule has 0 aliphatic heterocycles. The highest BCUT2D eigenvalue weighted by Gasteiger charge is 2.25. The van der Waals surface area contributed by atoms with Crippen molar-refractivity contribution >= 4 is 29.4 Å². The number of carbonyl (C=O) groups is 5. The number of nitrogens with two attached hydrogens (primary N) is 1. The van der Waals surface area contributed by atoms with E-state index in [-0.39, 0.29) is 30.6 Å². The number of amides is 2. The molecule has 0 aliphatic rings. The number of ketones is 2. The molecule has 8 heteroatoms. The lowest BCUT2D eigenvalue weighted by Gasteiger charge is -2.16. The van der Waals surface area contributed by atoms with Gasteiger partial charge in [-0.25, -0.2) is 0 Å². The molecule has 3 N–H and O–H groups in total. The van der Waals surface area contributed by atoms with E-state index in [1.165, 1.54) is 19.1 Å². The van der Waals surface area contributed by atoms with Crippen molar-refractivity contribution in [3.05, 3.63) is 65.7 Å². The number of esters is 1. The molecule has 1 atom stereocenters. The molecule has 0 radical (unpaired) electrons. The van der Waals surface area contributed by atoms with Crippen LogP contribution in [0.2, 0.25) is 0 Å². The second-order valence-electron chi connectivity index (χ2n) is 6.55. The van der Waals surface area contributed by atoms with Gasteiger partial charge in [-0.15, -0.1) is 0 Å². The van der Waals surface area contributed by atoms with Crippen LogP contribution in [-0.4, -0.2) is 35.4 Å². The van der Waals surface area contributed by atoms with Gasteiger partial charge in [-0.2, -0.15) is 0 Å². The van der Waals surface area contributed by atoms with E-state index < -0.39 is 35.4 Å². The monoisotopic (exact) mass is 410 g/mol. The van der Waals surface area contributed by atoms with E-state index in [1.807, 2.05) is 0 Å². The van der Waals surface area contributed by atoms with E-state index in [1.54, 1.807) is 42.5 Å². The normalized spacial score (nSPS) is 11.2. The minimum Gasteiger partial charge on any atom is -0.426 e. The Kier molecular flexibility index (Phi) is 7.99. The Balaban J connectivity index is 2.02. The first-order valence-corrected chi connectivity index (χ1v) is 9.25. The maximum atomic E-state index is 12.5. The fraction of sp³-hybridized carbons (Fsp3) is 0.227. The van der Waals surface area contributed by atoms with Crippen LogP contribution in [0, 0.1) is 0 Å². The Morgan fingerprint density at radius 3 is 2.20 bits per heavy atom. The number of hydrogen-bond donors (Lipinski definition) is 2. The second-order valence-corrected chi connectivity index (χ2v) is 6.55. The number of primary amides is 1. The molecule has 0 unspecified atom stereocenters. The third kappa shape index (κ3) is 6.66. The van der Waals surface area contributed by atoms with Crippen LogP contribution in [0.25, 0.3) is 0 Å². The SMILES string of the molecule is CC(=O)Oc1ccccc1C(=O)CCC(=O)N[C@@H](Cc1ccccc1)C(=O)C(N)=O. The Bertz CT molecular complexity index is 955. The molecule has 2 aromatic rings. The number of nitrogens with one attached hydrogen (secondary N) is 1. The lowest BCUT2D eigenvalue weighted by Crippen LogP contribution is -2.47. The van der Waals surface area contributed by atoms with E-state index in [0.29, 0.717) is 0 Å². The van der Waals surface area contributed by atoms with Crippen molar-refractivity contribution in [2.75, 3.05) is 0 Å². The first-order chi connectivity index (χ1) is 14.3. The predicted octanol–water partition coefficient (Wildman–Crippen LogP) is 1.36. The summed E-state index contributed by atoms with van der Waals surface area (Å²) in [6.07, 6.45) is -0.297. The highest BCUT2D eigenvalue weighted by Crippen LogP contribution is 2.20. The van der Waals surface area contributed by atoms with Gasteiger partial charge in [0.05, 0.1) is 5.56 Å². The summed E-state index contributed by atoms with van der Waals surface area (Å²) in [4.78, 5) is 59.4. The van der Waals surface area contributed by atoms with Crippen molar-refractivity contribution in [1.29, 1.82) is 0 Å². The molecular weight excluding hydrogens is 388 g/mol. The van der Waals surface area contributed by atoms with E-state index >= 15 is 0 Å². The number of carbonyl (C=O) groups excluding carboxylic acids is 5. The summed E-state index contributed by atoms with van der Waals surface area (Å²) in [5.41, 5.74) is 6.00. The summed E-state index contributed by atoms with van der Waals surface area (Å²) in [7, 11) is 0. The molecule has 0 bridgehead atoms. The smallest absolute Gasteiger partial charge is 0.308 e. The van der Waals surface area contributed by atoms with Crippen LogP contribution in [0.3, 0.4) is 0 Å². The van der Waals surface area contributed by atoms with Crippen LogP contribution in [-0.2, 0) is 25.6 Å². The lowest BCUT2D eigenvalue weighted by atomic mass is 10.0. The molecule has 2 amide bonds. The molecular formula is C22H22N2O6. The number of rotatable bonds is 10. The minimum atomic E-state index is -1.15. The molecule has 2 rings (SSSR count). The van der Waals surface area contributed by atoms with Crippen molar-refractivity contribution in [2.45, 2.75) is 32.2 Å². The molecule has 8 nitrogen and oxygen atoms in total. The van der Waals surface area contributed by atoms with Gasteiger partial charge in [0.15, 0.2) is 5.78 Å². The molecule has 0 aromatic heterocycles. The van der Waals surface area contributed by atoms with Gasteiger partial charge in [-0.3, -0.25) is 24.0 Å². The maximum absolute atomic E-state index is 12.5. The Morgan fingerprint density at radius 1 is 0.933 bits per heavy atom. The quantitative estimate of drug-likeness (QED) is 0.263. The second kappa shape index (κ2) is 10.7. The van der Waals surface area contributed by atoms with Crippen LogP contribution in [0.15, 0.2) is 54.6 Å². The molecule has 2 aromatic carbocycles. The first-order valence-electron chi connectivity index (χ1n) is 9.25. The van der Waals surface area contributed by atoms with Gasteiger partial charge in [-0.05, 0) is 17.7 Å². The van der Waals surface area contributed by atoms with Crippen molar-refractivity contribution in [2.24, 2.45) is 5.73 Å². The maximum Gasteiger partial charge on any atom is 0.308 e. The number of para-hydroxylation sites is 1. The molecule has 0 saturated carbocycles. The van der Waals surface area contributed by atoms with Gasteiger partial charge < -0.3 is 15.8 Å². The molecule has 156 valence electrons. The average molecular weight is 410 g/mol. The highest BCUT2D eigenvalue weighted by molar-refractivity contribution is 6.37. The van der Waals surface area contributed by atoms with Crippen LogP contribution in [0.5, 0.6) is 5.75 Å². The van der Waals surface area contributed by atoms with E-state index in [4.69, 9.17) is 10.5 Å². The number of Topliss-reactive ketones (excluding diaryl/α,β-unsaturated/α-hetero) is 2. The number of benzene rings is 2. The summed E-state index contributed by atoms with van der Waals surface area (Å²) in [5, 5.41) is 2.47. The fourth-order valence-electron chi connectivity index (χ4n) is 2.80. The summed E-state index contributed by atoms with van der Waals surface area (Å²) in [6, 6.07) is 13.9. The Morgan fingerprint density at radius 2 is 1.57 bits per heavy atom. The first kappa shape index (κ1) is 22.5. The van der Waals surface area contributed by atoms with Gasteiger partial charge in [0, 0.05) is 26.2 Å². The van der Waals surface area contributed by atoms with Crippen molar-refractivity contribution < 1.29 is 28.7 Å². The molecule has 0 fully saturated rings. The standard InChI is InChI=1S/C22H22N2O6/c1-14(25)30-19-10-6-5-9-16(19)18(26)11-12-20(27)24-17(21(28)22(23)29)13-15-7-3-2-4-8-15/h2-10,17H,11-13H2,1H3,(H2,23,29)(H,24,27)/t17-/m0/s1. The third-order valence-corrected chi connectivity index (χ3v) is 4.20. The van der Waals surface area contributed by atoms with E-state index in [0.717, 1.165) is 5.56 Å². The molecule has 0 aliphatic carbocycles. The minimum absolute atomic E-state index is 0.0948. The molecule has 30 heavy (non-hydrogen) atoms. The van der Waals surface area contributed by atoms with E-state index in [2.05, 4.69) is 5.32 Å². The summed E-state index contributed by atoms with van der Waals surface area (Å²) in [6.45, 7) is 1.22. The number of hydrogen-bond acceptors (Lipinski definition) is 6. The summed E-state index contributed by atoms with van der Waals surface area (Å²) < 4.78 is 5.01. The van der Waals surface area contributed by atoms with Gasteiger partial charge in [0.2, 0.25) is 11.7 Å². The molecule has 0 heterocycles. The summed E-state index contributed by atoms with van der Waals surface area (Å²) in [5.74, 6) is -3.50. The third-order valence-electron chi connectivity index (χ3n) is 4.20. The van der Waals surface area contributed by atoms with Crippen molar-refractivity contribution in [1.82, 2.24) is 5.32 Å². The van der Waals surface area contributed by atoms with Gasteiger partial charge in [-0.1, -0.05) is 42.5 Å². The van der Waals surface area contributed by atoms with Crippen LogP contribution in [0.4, 0.5) is 0 Å². The summed E-state index contributed by atoms with van der Waals surface area (Å²) >= 11 is 0. The van der Waals surface area contributed by atoms with Gasteiger partial charge in [0.25, 0.3) is 5.91 Å². The van der Waals surface area contributed by atoms with Crippen LogP contribution >= 0.6 is 0 Å². The van der Waals surface area contributed by atoms with E-state index in [9.17, 15) is 24.0 Å². The highest BCUT2D eigenvalue weighted by atomic mass is 16.5. The van der Waals surface area contributed by atoms with Crippen molar-refractivity contribution in [3.8, 4) is 5.75 Å². The number of ether oxygens (including phenoxy) is 1. The predicted molar refractivity (Wildman–Crippen MR) is 108 cm³/mol.